The molecule has 0 saturated heterocycles. The molecule has 0 atom stereocenters. The fraction of sp³-hybridized carbons (Fsp3) is 0.158. The number of carbonyl (C=O) groups excluding carboxylic acids is 2. The van der Waals surface area contributed by atoms with Crippen molar-refractivity contribution in [1.29, 1.82) is 0 Å². The Balaban J connectivity index is 2.27. The van der Waals surface area contributed by atoms with Gasteiger partial charge in [-0.3, -0.25) is 9.59 Å². The second-order valence-electron chi connectivity index (χ2n) is 6.18. The molecule has 0 spiro atoms. The van der Waals surface area contributed by atoms with E-state index < -0.39 is 23.1 Å². The molecule has 0 radical (unpaired) electrons. The minimum atomic E-state index is -0.738. The molecule has 128 valence electrons. The van der Waals surface area contributed by atoms with Crippen molar-refractivity contribution in [1.82, 2.24) is 0 Å². The molecule has 0 aromatic heterocycles. The van der Waals surface area contributed by atoms with Gasteiger partial charge in [-0.1, -0.05) is 11.6 Å². The van der Waals surface area contributed by atoms with E-state index in [1.165, 1.54) is 0 Å². The molecule has 0 amide bonds. The quantitative estimate of drug-likeness (QED) is 0.533. The van der Waals surface area contributed by atoms with Gasteiger partial charge >= 0.3 is 0 Å². The number of hydrogen-bond donors (Lipinski definition) is 4. The molecule has 0 unspecified atom stereocenters. The van der Waals surface area contributed by atoms with Crippen molar-refractivity contribution >= 4 is 11.6 Å². The molecule has 4 N–H and O–H groups in total. The third-order valence-electron chi connectivity index (χ3n) is 4.14. The molecule has 2 aromatic carbocycles. The third-order valence-corrected chi connectivity index (χ3v) is 4.14. The fourth-order valence-corrected chi connectivity index (χ4v) is 2.91. The Kier molecular flexibility index (Phi) is 3.75. The summed E-state index contributed by atoms with van der Waals surface area (Å²) in [4.78, 5) is 25.4. The van der Waals surface area contributed by atoms with Crippen LogP contribution < -0.4 is 0 Å². The molecule has 0 bridgehead atoms. The maximum atomic E-state index is 12.8. The monoisotopic (exact) mass is 340 g/mol. The second-order valence-corrected chi connectivity index (χ2v) is 6.18. The zero-order chi connectivity index (χ0) is 18.5. The SMILES string of the molecule is CC(C)=CCc1c(O)cc2c(c1O)C(=O)c1c(O)cc(O)cc1C2=O. The number of fused-ring (bicyclic) bond motifs is 2. The molecule has 6 heteroatoms. The van der Waals surface area contributed by atoms with Crippen molar-refractivity contribution < 1.29 is 30.0 Å². The second kappa shape index (κ2) is 5.66. The molecule has 2 aromatic rings. The van der Waals surface area contributed by atoms with Crippen molar-refractivity contribution in [3.63, 3.8) is 0 Å². The number of ketones is 2. The molecule has 6 nitrogen and oxygen atoms in total. The van der Waals surface area contributed by atoms with Crippen LogP contribution in [0.1, 0.15) is 51.3 Å². The summed E-state index contributed by atoms with van der Waals surface area (Å²) in [5.74, 6) is -3.10. The van der Waals surface area contributed by atoms with Gasteiger partial charge in [0.2, 0.25) is 5.78 Å². The van der Waals surface area contributed by atoms with Gasteiger partial charge in [-0.25, -0.2) is 0 Å². The Bertz CT molecular complexity index is 965. The minimum absolute atomic E-state index is 0.128. The minimum Gasteiger partial charge on any atom is -0.508 e. The topological polar surface area (TPSA) is 115 Å². The van der Waals surface area contributed by atoms with Gasteiger partial charge < -0.3 is 20.4 Å². The summed E-state index contributed by atoms with van der Waals surface area (Å²) < 4.78 is 0. The molecule has 0 fully saturated rings. The van der Waals surface area contributed by atoms with Crippen molar-refractivity contribution in [2.75, 3.05) is 0 Å². The van der Waals surface area contributed by atoms with Crippen LogP contribution in [0.5, 0.6) is 23.0 Å². The summed E-state index contributed by atoms with van der Waals surface area (Å²) in [7, 11) is 0. The zero-order valence-corrected chi connectivity index (χ0v) is 13.6. The van der Waals surface area contributed by atoms with Gasteiger partial charge in [-0.2, -0.15) is 0 Å². The first-order valence-corrected chi connectivity index (χ1v) is 7.59. The van der Waals surface area contributed by atoms with Crippen molar-refractivity contribution in [2.24, 2.45) is 0 Å². The van der Waals surface area contributed by atoms with Crippen LogP contribution in [0.25, 0.3) is 0 Å². The first-order valence-electron chi connectivity index (χ1n) is 7.59. The van der Waals surface area contributed by atoms with E-state index in [0.717, 1.165) is 23.8 Å². The Hall–Kier alpha value is -3.28. The summed E-state index contributed by atoms with van der Waals surface area (Å²) >= 11 is 0. The van der Waals surface area contributed by atoms with Crippen LogP contribution in [0.4, 0.5) is 0 Å². The first-order chi connectivity index (χ1) is 11.7. The van der Waals surface area contributed by atoms with Crippen LogP contribution in [0.3, 0.4) is 0 Å². The predicted molar refractivity (Wildman–Crippen MR) is 89.5 cm³/mol. The number of phenolic OH excluding ortho intramolecular Hbond substituents is 4. The van der Waals surface area contributed by atoms with E-state index in [1.54, 1.807) is 6.08 Å². The average Bonchev–Trinajstić information content (AvgIpc) is 2.50. The maximum Gasteiger partial charge on any atom is 0.201 e. The highest BCUT2D eigenvalue weighted by atomic mass is 16.3. The fourth-order valence-electron chi connectivity index (χ4n) is 2.91. The van der Waals surface area contributed by atoms with Crippen molar-refractivity contribution in [2.45, 2.75) is 20.3 Å². The van der Waals surface area contributed by atoms with E-state index in [-0.39, 0.29) is 45.7 Å². The van der Waals surface area contributed by atoms with Gasteiger partial charge in [0.25, 0.3) is 0 Å². The number of allylic oxidation sites excluding steroid dienone is 2. The van der Waals surface area contributed by atoms with Crippen LogP contribution in [-0.2, 0) is 6.42 Å². The number of aromatic hydroxyl groups is 4. The summed E-state index contributed by atoms with van der Waals surface area (Å²) in [5.41, 5.74) is 0.211. The third kappa shape index (κ3) is 2.52. The highest BCUT2D eigenvalue weighted by Gasteiger charge is 2.36. The number of hydrogen-bond acceptors (Lipinski definition) is 6. The lowest BCUT2D eigenvalue weighted by molar-refractivity contribution is 0.0973. The van der Waals surface area contributed by atoms with Crippen LogP contribution in [0, 0.1) is 0 Å². The smallest absolute Gasteiger partial charge is 0.201 e. The van der Waals surface area contributed by atoms with Gasteiger partial charge in [0, 0.05) is 22.8 Å². The van der Waals surface area contributed by atoms with Crippen LogP contribution in [0.15, 0.2) is 29.8 Å². The Labute approximate surface area is 143 Å². The molecule has 1 aliphatic carbocycles. The molecule has 0 heterocycles. The van der Waals surface area contributed by atoms with Crippen LogP contribution >= 0.6 is 0 Å². The van der Waals surface area contributed by atoms with E-state index in [1.807, 2.05) is 13.8 Å². The van der Waals surface area contributed by atoms with Gasteiger partial charge in [-0.05, 0) is 32.4 Å². The van der Waals surface area contributed by atoms with E-state index in [2.05, 4.69) is 0 Å². The van der Waals surface area contributed by atoms with Crippen molar-refractivity contribution in [3.8, 4) is 23.0 Å². The highest BCUT2D eigenvalue weighted by Crippen LogP contribution is 2.42. The summed E-state index contributed by atoms with van der Waals surface area (Å²) in [6.07, 6.45) is 1.95. The molecular weight excluding hydrogens is 324 g/mol. The molecule has 0 saturated carbocycles. The summed E-state index contributed by atoms with van der Waals surface area (Å²) in [5, 5.41) is 40.2. The Morgan fingerprint density at radius 1 is 0.880 bits per heavy atom. The average molecular weight is 340 g/mol. The Morgan fingerprint density at radius 2 is 1.52 bits per heavy atom. The molecule has 3 rings (SSSR count). The highest BCUT2D eigenvalue weighted by molar-refractivity contribution is 6.30. The normalized spacial score (nSPS) is 12.6. The number of carbonyl (C=O) groups is 2. The maximum absolute atomic E-state index is 12.8. The predicted octanol–water partition coefficient (Wildman–Crippen LogP) is 2.79. The van der Waals surface area contributed by atoms with E-state index >= 15 is 0 Å². The van der Waals surface area contributed by atoms with E-state index in [9.17, 15) is 30.0 Å². The number of benzene rings is 2. The van der Waals surface area contributed by atoms with Crippen LogP contribution in [-0.4, -0.2) is 32.0 Å². The zero-order valence-electron chi connectivity index (χ0n) is 13.6. The van der Waals surface area contributed by atoms with E-state index in [0.29, 0.717) is 0 Å². The summed E-state index contributed by atoms with van der Waals surface area (Å²) in [6, 6.07) is 3.16. The largest absolute Gasteiger partial charge is 0.508 e. The van der Waals surface area contributed by atoms with Gasteiger partial charge in [0.05, 0.1) is 11.1 Å². The lowest BCUT2D eigenvalue weighted by Crippen LogP contribution is -2.21. The van der Waals surface area contributed by atoms with Gasteiger partial charge in [0.15, 0.2) is 5.78 Å². The molecular formula is C19H16O6. The standard InChI is InChI=1S/C19H16O6/c1-8(2)3-4-10-13(21)7-12-16(18(10)24)19(25)15-11(17(12)23)5-9(20)6-14(15)22/h3,5-7,20-22,24H,4H2,1-2H3. The lowest BCUT2D eigenvalue weighted by Gasteiger charge is -2.21. The molecule has 1 aliphatic rings. The lowest BCUT2D eigenvalue weighted by atomic mass is 9.81. The number of rotatable bonds is 2. The molecule has 25 heavy (non-hydrogen) atoms. The van der Waals surface area contributed by atoms with E-state index in [4.69, 9.17) is 0 Å². The van der Waals surface area contributed by atoms with Crippen molar-refractivity contribution in [3.05, 3.63) is 57.7 Å². The van der Waals surface area contributed by atoms with Gasteiger partial charge in [0.1, 0.15) is 23.0 Å². The summed E-state index contributed by atoms with van der Waals surface area (Å²) in [6.45, 7) is 3.70. The first kappa shape index (κ1) is 16.6. The molecule has 0 aliphatic heterocycles. The number of phenols is 4. The van der Waals surface area contributed by atoms with Crippen LogP contribution in [0.2, 0.25) is 0 Å². The van der Waals surface area contributed by atoms with Gasteiger partial charge in [-0.15, -0.1) is 0 Å². The Morgan fingerprint density at radius 3 is 2.16 bits per heavy atom.